The number of benzene rings is 2. The highest BCUT2D eigenvalue weighted by atomic mass is 79.9. The molecule has 104 valence electrons. The Labute approximate surface area is 131 Å². The van der Waals surface area contributed by atoms with E-state index < -0.39 is 23.1 Å². The summed E-state index contributed by atoms with van der Waals surface area (Å²) in [5.41, 5.74) is -0.470. The molecule has 1 N–H and O–H groups in total. The first-order chi connectivity index (χ1) is 9.38. The lowest BCUT2D eigenvalue weighted by molar-refractivity contribution is 0.101. The molecule has 0 aromatic heterocycles. The number of carbonyl (C=O) groups excluding carboxylic acids is 1. The maximum absolute atomic E-state index is 13.6. The number of hydrogen-bond donors (Lipinski definition) is 1. The molecule has 0 bridgehead atoms. The lowest BCUT2D eigenvalue weighted by atomic mass is 10.1. The molecule has 0 saturated heterocycles. The van der Waals surface area contributed by atoms with Gasteiger partial charge in [0.1, 0.15) is 17.2 Å². The number of hydrogen-bond acceptors (Lipinski definition) is 1. The largest absolute Gasteiger partial charge is 0.320 e. The molecule has 1 amide bonds. The van der Waals surface area contributed by atoms with Crippen molar-refractivity contribution in [2.75, 3.05) is 5.32 Å². The van der Waals surface area contributed by atoms with Crippen LogP contribution in [0.2, 0.25) is 10.0 Å². The Bertz CT molecular complexity index is 671. The van der Waals surface area contributed by atoms with Crippen LogP contribution in [0.5, 0.6) is 0 Å². The van der Waals surface area contributed by atoms with Crippen molar-refractivity contribution in [2.45, 2.75) is 0 Å². The van der Waals surface area contributed by atoms with E-state index in [1.807, 2.05) is 0 Å². The molecule has 2 aromatic carbocycles. The van der Waals surface area contributed by atoms with Gasteiger partial charge < -0.3 is 5.32 Å². The van der Waals surface area contributed by atoms with Gasteiger partial charge in [-0.1, -0.05) is 39.1 Å². The molecule has 0 heterocycles. The Balaban J connectivity index is 2.33. The molecule has 0 aliphatic heterocycles. The Morgan fingerprint density at radius 2 is 1.70 bits per heavy atom. The number of anilines is 1. The smallest absolute Gasteiger partial charge is 0.261 e. The number of halogens is 5. The second-order valence-corrected chi connectivity index (χ2v) is 5.58. The molecule has 2 rings (SSSR count). The van der Waals surface area contributed by atoms with Crippen molar-refractivity contribution in [3.8, 4) is 0 Å². The van der Waals surface area contributed by atoms with Crippen molar-refractivity contribution in [3.63, 3.8) is 0 Å². The summed E-state index contributed by atoms with van der Waals surface area (Å²) in [6.45, 7) is 0. The fourth-order valence-corrected chi connectivity index (χ4v) is 2.39. The summed E-state index contributed by atoms with van der Waals surface area (Å²) < 4.78 is 27.5. The van der Waals surface area contributed by atoms with E-state index in [0.29, 0.717) is 5.02 Å². The highest BCUT2D eigenvalue weighted by Gasteiger charge is 2.19. The van der Waals surface area contributed by atoms with Crippen LogP contribution in [-0.2, 0) is 0 Å². The van der Waals surface area contributed by atoms with Gasteiger partial charge in [-0.2, -0.15) is 0 Å². The summed E-state index contributed by atoms with van der Waals surface area (Å²) in [5, 5.41) is 2.88. The van der Waals surface area contributed by atoms with Gasteiger partial charge in [0.15, 0.2) is 0 Å². The normalized spacial score (nSPS) is 10.4. The van der Waals surface area contributed by atoms with E-state index in [1.165, 1.54) is 18.2 Å². The van der Waals surface area contributed by atoms with Crippen molar-refractivity contribution in [3.05, 3.63) is 62.0 Å². The SMILES string of the molecule is O=C(Nc1ccc(Cl)cc1Cl)c1c(F)cc(Br)cc1F. The molecular formula is C13H6BrCl2F2NO. The molecule has 20 heavy (non-hydrogen) atoms. The molecule has 0 spiro atoms. The average Bonchev–Trinajstić information content (AvgIpc) is 2.31. The van der Waals surface area contributed by atoms with Crippen LogP contribution < -0.4 is 5.32 Å². The summed E-state index contributed by atoms with van der Waals surface area (Å²) >= 11 is 14.5. The monoisotopic (exact) mass is 379 g/mol. The summed E-state index contributed by atoms with van der Waals surface area (Å²) in [5.74, 6) is -2.88. The molecule has 0 aliphatic carbocycles. The maximum Gasteiger partial charge on any atom is 0.261 e. The molecule has 0 fully saturated rings. The van der Waals surface area contributed by atoms with E-state index in [1.54, 1.807) is 0 Å². The van der Waals surface area contributed by atoms with Gasteiger partial charge in [-0.25, -0.2) is 8.78 Å². The van der Waals surface area contributed by atoms with E-state index in [-0.39, 0.29) is 15.2 Å². The number of carbonyl (C=O) groups is 1. The van der Waals surface area contributed by atoms with Crippen molar-refractivity contribution in [1.82, 2.24) is 0 Å². The molecule has 0 unspecified atom stereocenters. The van der Waals surface area contributed by atoms with Crippen LogP contribution in [0.15, 0.2) is 34.8 Å². The Morgan fingerprint density at radius 3 is 2.25 bits per heavy atom. The van der Waals surface area contributed by atoms with Crippen LogP contribution >= 0.6 is 39.1 Å². The molecule has 0 aliphatic rings. The summed E-state index contributed by atoms with van der Waals surface area (Å²) in [6, 6.07) is 6.35. The quantitative estimate of drug-likeness (QED) is 0.753. The minimum Gasteiger partial charge on any atom is -0.320 e. The molecule has 0 atom stereocenters. The number of nitrogens with one attached hydrogen (secondary N) is 1. The van der Waals surface area contributed by atoms with Crippen molar-refractivity contribution in [2.24, 2.45) is 0 Å². The van der Waals surface area contributed by atoms with Gasteiger partial charge in [-0.3, -0.25) is 4.79 Å². The van der Waals surface area contributed by atoms with E-state index in [9.17, 15) is 13.6 Å². The minimum atomic E-state index is -0.973. The van der Waals surface area contributed by atoms with Crippen molar-refractivity contribution in [1.29, 1.82) is 0 Å². The van der Waals surface area contributed by atoms with Crippen LogP contribution in [0.4, 0.5) is 14.5 Å². The van der Waals surface area contributed by atoms with E-state index in [4.69, 9.17) is 23.2 Å². The van der Waals surface area contributed by atoms with Crippen molar-refractivity contribution < 1.29 is 13.6 Å². The molecule has 0 radical (unpaired) electrons. The van der Waals surface area contributed by atoms with E-state index in [2.05, 4.69) is 21.2 Å². The third kappa shape index (κ3) is 3.29. The maximum atomic E-state index is 13.6. The van der Waals surface area contributed by atoms with Gasteiger partial charge in [0, 0.05) is 9.50 Å². The van der Waals surface area contributed by atoms with Crippen LogP contribution in [0.25, 0.3) is 0 Å². The molecule has 2 aromatic rings. The Hall–Kier alpha value is -1.17. The highest BCUT2D eigenvalue weighted by molar-refractivity contribution is 9.10. The topological polar surface area (TPSA) is 29.1 Å². The first kappa shape index (κ1) is 15.2. The van der Waals surface area contributed by atoms with Gasteiger partial charge in [0.25, 0.3) is 5.91 Å². The first-order valence-electron chi connectivity index (χ1n) is 5.29. The third-order valence-corrected chi connectivity index (χ3v) is 3.42. The second kappa shape index (κ2) is 6.08. The Morgan fingerprint density at radius 1 is 1.10 bits per heavy atom. The standard InChI is InChI=1S/C13H6BrCl2F2NO/c14-6-3-9(17)12(10(18)4-6)13(20)19-11-2-1-7(15)5-8(11)16/h1-5H,(H,19,20). The number of rotatable bonds is 2. The zero-order valence-electron chi connectivity index (χ0n) is 9.68. The fourth-order valence-electron chi connectivity index (χ4n) is 1.53. The molecule has 2 nitrogen and oxygen atoms in total. The van der Waals surface area contributed by atoms with E-state index >= 15 is 0 Å². The summed E-state index contributed by atoms with van der Waals surface area (Å²) in [6.07, 6.45) is 0. The van der Waals surface area contributed by atoms with Crippen molar-refractivity contribution >= 4 is 50.7 Å². The predicted octanol–water partition coefficient (Wildman–Crippen LogP) is 5.29. The third-order valence-electron chi connectivity index (χ3n) is 2.41. The number of amides is 1. The Kier molecular flexibility index (Phi) is 4.62. The first-order valence-corrected chi connectivity index (χ1v) is 6.84. The van der Waals surface area contributed by atoms with Crippen LogP contribution in [0, 0.1) is 11.6 Å². The van der Waals surface area contributed by atoms with Gasteiger partial charge in [-0.15, -0.1) is 0 Å². The summed E-state index contributed by atoms with van der Waals surface area (Å²) in [4.78, 5) is 11.9. The highest BCUT2D eigenvalue weighted by Crippen LogP contribution is 2.27. The molecule has 7 heteroatoms. The fraction of sp³-hybridized carbons (Fsp3) is 0. The van der Waals surface area contributed by atoms with Gasteiger partial charge in [0.05, 0.1) is 10.7 Å². The van der Waals surface area contributed by atoms with Gasteiger partial charge in [0.2, 0.25) is 0 Å². The lowest BCUT2D eigenvalue weighted by Crippen LogP contribution is -2.16. The van der Waals surface area contributed by atoms with Crippen LogP contribution in [0.1, 0.15) is 10.4 Å². The van der Waals surface area contributed by atoms with Gasteiger partial charge in [-0.05, 0) is 30.3 Å². The second-order valence-electron chi connectivity index (χ2n) is 3.82. The van der Waals surface area contributed by atoms with Crippen LogP contribution in [-0.4, -0.2) is 5.91 Å². The molecule has 0 saturated carbocycles. The minimum absolute atomic E-state index is 0.170. The average molecular weight is 381 g/mol. The van der Waals surface area contributed by atoms with Gasteiger partial charge >= 0.3 is 0 Å². The molecular weight excluding hydrogens is 375 g/mol. The lowest BCUT2D eigenvalue weighted by Gasteiger charge is -2.09. The van der Waals surface area contributed by atoms with Crippen LogP contribution in [0.3, 0.4) is 0 Å². The summed E-state index contributed by atoms with van der Waals surface area (Å²) in [7, 11) is 0. The van der Waals surface area contributed by atoms with E-state index in [0.717, 1.165) is 12.1 Å². The zero-order valence-corrected chi connectivity index (χ0v) is 12.8. The predicted molar refractivity (Wildman–Crippen MR) is 78.5 cm³/mol. The zero-order chi connectivity index (χ0) is 14.9.